The molecular weight excluding hydrogens is 390 g/mol. The molecule has 11 heteroatoms. The number of nitrogens with zero attached hydrogens (tertiary/aromatic N) is 1. The molecule has 1 rings (SSSR count). The number of carbonyl (C=O) groups is 2. The van der Waals surface area contributed by atoms with E-state index in [1.54, 1.807) is 6.92 Å². The summed E-state index contributed by atoms with van der Waals surface area (Å²) < 4.78 is 42.1. The van der Waals surface area contributed by atoms with Crippen LogP contribution in [-0.2, 0) is 29.1 Å². The van der Waals surface area contributed by atoms with Crippen molar-refractivity contribution in [2.45, 2.75) is 25.7 Å². The van der Waals surface area contributed by atoms with Crippen molar-refractivity contribution in [3.8, 4) is 5.75 Å². The SMILES string of the molecule is CCOc1ccc(S(=O)(=O)N(CCOC(C)=O)CCOC(C)=O)cc1C(=N)N. The minimum absolute atomic E-state index is 0.119. The highest BCUT2D eigenvalue weighted by Crippen LogP contribution is 2.24. The van der Waals surface area contributed by atoms with Gasteiger partial charge in [-0.15, -0.1) is 0 Å². The molecule has 0 heterocycles. The predicted octanol–water partition coefficient (Wildman–Crippen LogP) is 0.486. The highest BCUT2D eigenvalue weighted by molar-refractivity contribution is 7.89. The number of carbonyl (C=O) groups excluding carboxylic acids is 2. The average molecular weight is 415 g/mol. The molecule has 0 aliphatic heterocycles. The van der Waals surface area contributed by atoms with E-state index in [-0.39, 0.29) is 42.6 Å². The monoisotopic (exact) mass is 415 g/mol. The van der Waals surface area contributed by atoms with Gasteiger partial charge in [-0.1, -0.05) is 0 Å². The molecule has 0 unspecified atom stereocenters. The molecule has 0 spiro atoms. The van der Waals surface area contributed by atoms with Crippen molar-refractivity contribution in [1.82, 2.24) is 4.31 Å². The largest absolute Gasteiger partial charge is 0.493 e. The second kappa shape index (κ2) is 10.6. The van der Waals surface area contributed by atoms with Crippen molar-refractivity contribution in [2.24, 2.45) is 5.73 Å². The molecule has 10 nitrogen and oxygen atoms in total. The molecule has 0 radical (unpaired) electrons. The lowest BCUT2D eigenvalue weighted by Crippen LogP contribution is -2.37. The Kier molecular flexibility index (Phi) is 8.86. The van der Waals surface area contributed by atoms with E-state index >= 15 is 0 Å². The van der Waals surface area contributed by atoms with E-state index in [0.29, 0.717) is 12.4 Å². The molecule has 0 saturated carbocycles. The molecule has 0 aliphatic rings. The van der Waals surface area contributed by atoms with Gasteiger partial charge in [-0.2, -0.15) is 4.31 Å². The number of nitrogens with one attached hydrogen (secondary N) is 1. The molecular formula is C17H25N3O7S. The normalized spacial score (nSPS) is 11.1. The number of sulfonamides is 1. The maximum Gasteiger partial charge on any atom is 0.302 e. The van der Waals surface area contributed by atoms with Gasteiger partial charge in [0.05, 0.1) is 17.1 Å². The lowest BCUT2D eigenvalue weighted by molar-refractivity contribution is -0.141. The third-order valence-corrected chi connectivity index (χ3v) is 5.37. The number of rotatable bonds is 11. The first-order chi connectivity index (χ1) is 13.1. The van der Waals surface area contributed by atoms with Crippen molar-refractivity contribution < 1.29 is 32.2 Å². The van der Waals surface area contributed by atoms with E-state index in [1.807, 2.05) is 0 Å². The molecule has 3 N–H and O–H groups in total. The van der Waals surface area contributed by atoms with Crippen LogP contribution in [0.25, 0.3) is 0 Å². The van der Waals surface area contributed by atoms with Crippen LogP contribution in [0, 0.1) is 5.41 Å². The Morgan fingerprint density at radius 2 is 1.64 bits per heavy atom. The smallest absolute Gasteiger partial charge is 0.302 e. The van der Waals surface area contributed by atoms with E-state index in [2.05, 4.69) is 0 Å². The molecule has 1 aromatic rings. The predicted molar refractivity (Wildman–Crippen MR) is 101 cm³/mol. The minimum atomic E-state index is -4.04. The Labute approximate surface area is 164 Å². The standard InChI is InChI=1S/C17H25N3O7S/c1-4-25-16-6-5-14(11-15(16)17(18)19)28(23,24)20(7-9-26-12(2)21)8-10-27-13(3)22/h5-6,11H,4,7-10H2,1-3H3,(H3,18,19). The highest BCUT2D eigenvalue weighted by atomic mass is 32.2. The van der Waals surface area contributed by atoms with Crippen molar-refractivity contribution in [3.05, 3.63) is 23.8 Å². The average Bonchev–Trinajstić information content (AvgIpc) is 2.60. The maximum atomic E-state index is 13.0. The third kappa shape index (κ3) is 6.82. The summed E-state index contributed by atoms with van der Waals surface area (Å²) >= 11 is 0. The van der Waals surface area contributed by atoms with Crippen LogP contribution in [0.2, 0.25) is 0 Å². The first-order valence-electron chi connectivity index (χ1n) is 8.47. The van der Waals surface area contributed by atoms with Crippen LogP contribution in [0.15, 0.2) is 23.1 Å². The van der Waals surface area contributed by atoms with Gasteiger partial charge in [-0.05, 0) is 25.1 Å². The summed E-state index contributed by atoms with van der Waals surface area (Å²) in [5.41, 5.74) is 5.68. The zero-order valence-corrected chi connectivity index (χ0v) is 16.9. The molecule has 0 aliphatic carbocycles. The first kappa shape index (κ1) is 23.4. The second-order valence-electron chi connectivity index (χ2n) is 5.59. The van der Waals surface area contributed by atoms with Gasteiger partial charge < -0.3 is 19.9 Å². The molecule has 0 aromatic heterocycles. The molecule has 1 aromatic carbocycles. The van der Waals surface area contributed by atoms with Gasteiger partial charge in [0.2, 0.25) is 10.0 Å². The van der Waals surface area contributed by atoms with Gasteiger partial charge in [0.25, 0.3) is 0 Å². The molecule has 0 amide bonds. The molecule has 0 fully saturated rings. The van der Waals surface area contributed by atoms with Gasteiger partial charge in [-0.25, -0.2) is 8.42 Å². The molecule has 0 saturated heterocycles. The number of ether oxygens (including phenoxy) is 3. The van der Waals surface area contributed by atoms with Crippen molar-refractivity contribution in [1.29, 1.82) is 5.41 Å². The third-order valence-electron chi connectivity index (χ3n) is 3.47. The summed E-state index contributed by atoms with van der Waals surface area (Å²) in [6.45, 7) is 3.91. The van der Waals surface area contributed by atoms with E-state index in [4.69, 9.17) is 25.4 Å². The van der Waals surface area contributed by atoms with Gasteiger partial charge in [0.1, 0.15) is 24.8 Å². The molecule has 156 valence electrons. The molecule has 28 heavy (non-hydrogen) atoms. The quantitative estimate of drug-likeness (QED) is 0.301. The Morgan fingerprint density at radius 1 is 1.11 bits per heavy atom. The Bertz CT molecular complexity index is 804. The van der Waals surface area contributed by atoms with Crippen LogP contribution in [0.3, 0.4) is 0 Å². The second-order valence-corrected chi connectivity index (χ2v) is 7.53. The fraction of sp³-hybridized carbons (Fsp3) is 0.471. The zero-order valence-electron chi connectivity index (χ0n) is 16.1. The molecule has 0 atom stereocenters. The van der Waals surface area contributed by atoms with E-state index in [0.717, 1.165) is 4.31 Å². The lowest BCUT2D eigenvalue weighted by Gasteiger charge is -2.22. The number of benzene rings is 1. The van der Waals surface area contributed by atoms with Crippen LogP contribution in [0.4, 0.5) is 0 Å². The number of hydrogen-bond acceptors (Lipinski definition) is 8. The fourth-order valence-electron chi connectivity index (χ4n) is 2.25. The number of esters is 2. The maximum absolute atomic E-state index is 13.0. The van der Waals surface area contributed by atoms with Crippen molar-refractivity contribution in [3.63, 3.8) is 0 Å². The topological polar surface area (TPSA) is 149 Å². The summed E-state index contributed by atoms with van der Waals surface area (Å²) in [5.74, 6) is -1.14. The Balaban J connectivity index is 3.18. The summed E-state index contributed by atoms with van der Waals surface area (Å²) in [4.78, 5) is 21.8. The highest BCUT2D eigenvalue weighted by Gasteiger charge is 2.26. The van der Waals surface area contributed by atoms with Gasteiger partial charge in [0, 0.05) is 26.9 Å². The zero-order chi connectivity index (χ0) is 21.3. The summed E-state index contributed by atoms with van der Waals surface area (Å²) in [6, 6.07) is 3.99. The number of amidine groups is 1. The Hall–Kier alpha value is -2.66. The van der Waals surface area contributed by atoms with Crippen molar-refractivity contribution >= 4 is 27.8 Å². The van der Waals surface area contributed by atoms with Crippen LogP contribution in [-0.4, -0.2) is 63.4 Å². The minimum Gasteiger partial charge on any atom is -0.493 e. The van der Waals surface area contributed by atoms with Gasteiger partial charge >= 0.3 is 11.9 Å². The van der Waals surface area contributed by atoms with Gasteiger partial charge in [-0.3, -0.25) is 15.0 Å². The van der Waals surface area contributed by atoms with Crippen LogP contribution in [0.1, 0.15) is 26.3 Å². The van der Waals surface area contributed by atoms with E-state index in [1.165, 1.54) is 32.0 Å². The van der Waals surface area contributed by atoms with E-state index < -0.39 is 22.0 Å². The van der Waals surface area contributed by atoms with Crippen LogP contribution >= 0.6 is 0 Å². The molecule has 0 bridgehead atoms. The first-order valence-corrected chi connectivity index (χ1v) is 9.91. The van der Waals surface area contributed by atoms with E-state index in [9.17, 15) is 18.0 Å². The van der Waals surface area contributed by atoms with Crippen LogP contribution in [0.5, 0.6) is 5.75 Å². The number of hydrogen-bond donors (Lipinski definition) is 2. The van der Waals surface area contributed by atoms with Gasteiger partial charge in [0.15, 0.2) is 0 Å². The fourth-order valence-corrected chi connectivity index (χ4v) is 3.68. The van der Waals surface area contributed by atoms with Crippen molar-refractivity contribution in [2.75, 3.05) is 32.9 Å². The summed E-state index contributed by atoms with van der Waals surface area (Å²) in [5, 5.41) is 7.65. The Morgan fingerprint density at radius 3 is 2.07 bits per heavy atom. The lowest BCUT2D eigenvalue weighted by atomic mass is 10.2. The summed E-state index contributed by atoms with van der Waals surface area (Å²) in [7, 11) is -4.04. The summed E-state index contributed by atoms with van der Waals surface area (Å²) in [6.07, 6.45) is 0. The number of nitrogens with two attached hydrogens (primary N) is 1. The number of nitrogen functional groups attached to an aromatic ring is 1. The van der Waals surface area contributed by atoms with Crippen LogP contribution < -0.4 is 10.5 Å².